The molecular formula is C18H21N2NaO9S3. The van der Waals surface area contributed by atoms with E-state index in [0.29, 0.717) is 25.0 Å². The summed E-state index contributed by atoms with van der Waals surface area (Å²) in [5, 5.41) is -1.17. The number of hydrogen-bond acceptors (Lipinski definition) is 12. The number of hydroxylamine groups is 2. The standard InChI is InChI=1S/C18H22N2O9S3.Na/c21-15-12-13(32(25,26)27)18(24)20(15)29-17(23)7-2-1-5-10-28-16(22)8-11-30-31-14-6-3-4-9-19-14;/h3-4,6,9,13H,1-2,5,7-8,10-12H2,(H,25,26,27);/q;+1/p-1. The van der Waals surface area contributed by atoms with Crippen molar-refractivity contribution in [2.45, 2.75) is 48.8 Å². The summed E-state index contributed by atoms with van der Waals surface area (Å²) in [6, 6.07) is 5.58. The van der Waals surface area contributed by atoms with E-state index in [1.54, 1.807) is 6.20 Å². The summed E-state index contributed by atoms with van der Waals surface area (Å²) in [5.41, 5.74) is 0. The van der Waals surface area contributed by atoms with E-state index in [2.05, 4.69) is 9.82 Å². The van der Waals surface area contributed by atoms with Crippen LogP contribution in [0.1, 0.15) is 38.5 Å². The van der Waals surface area contributed by atoms with Crippen molar-refractivity contribution in [2.75, 3.05) is 12.4 Å². The number of hydrogen-bond donors (Lipinski definition) is 0. The second kappa shape index (κ2) is 15.0. The van der Waals surface area contributed by atoms with E-state index < -0.39 is 39.6 Å². The minimum Gasteiger partial charge on any atom is -0.747 e. The van der Waals surface area contributed by atoms with Gasteiger partial charge in [0.05, 0.1) is 19.4 Å². The Hall–Kier alpha value is -1.16. The Labute approximate surface area is 221 Å². The maximum Gasteiger partial charge on any atom is 1.00 e. The Morgan fingerprint density at radius 2 is 1.91 bits per heavy atom. The zero-order valence-corrected chi connectivity index (χ0v) is 22.3. The van der Waals surface area contributed by atoms with Gasteiger partial charge in [-0.25, -0.2) is 18.2 Å². The molecule has 15 heteroatoms. The summed E-state index contributed by atoms with van der Waals surface area (Å²) < 4.78 is 37.9. The number of rotatable bonds is 13. The van der Waals surface area contributed by atoms with Gasteiger partial charge in [0.25, 0.3) is 11.8 Å². The van der Waals surface area contributed by atoms with E-state index in [1.165, 1.54) is 21.6 Å². The van der Waals surface area contributed by atoms with Gasteiger partial charge in [0.1, 0.15) is 20.4 Å². The van der Waals surface area contributed by atoms with Crippen LogP contribution in [-0.4, -0.2) is 64.4 Å². The van der Waals surface area contributed by atoms with E-state index in [4.69, 9.17) is 4.74 Å². The molecule has 1 aromatic rings. The number of amides is 2. The third-order valence-electron chi connectivity index (χ3n) is 4.06. The van der Waals surface area contributed by atoms with Crippen molar-refractivity contribution < 1.29 is 71.3 Å². The van der Waals surface area contributed by atoms with Crippen molar-refractivity contribution >= 4 is 55.5 Å². The first-order valence-corrected chi connectivity index (χ1v) is 13.4. The monoisotopic (exact) mass is 528 g/mol. The molecule has 0 spiro atoms. The van der Waals surface area contributed by atoms with Gasteiger partial charge in [0.15, 0.2) is 0 Å². The van der Waals surface area contributed by atoms with Crippen LogP contribution in [0.5, 0.6) is 0 Å². The quantitative estimate of drug-likeness (QED) is 0.0725. The molecule has 2 amide bonds. The second-order valence-electron chi connectivity index (χ2n) is 6.53. The molecule has 0 aliphatic carbocycles. The molecule has 1 aliphatic rings. The minimum atomic E-state index is -5.01. The van der Waals surface area contributed by atoms with Crippen LogP contribution in [0.2, 0.25) is 0 Å². The van der Waals surface area contributed by atoms with Gasteiger partial charge >= 0.3 is 41.5 Å². The average molecular weight is 529 g/mol. The van der Waals surface area contributed by atoms with Crippen LogP contribution in [0.15, 0.2) is 29.4 Å². The van der Waals surface area contributed by atoms with Crippen molar-refractivity contribution in [3.05, 3.63) is 24.4 Å². The third-order valence-corrected chi connectivity index (χ3v) is 7.40. The molecule has 1 saturated heterocycles. The summed E-state index contributed by atoms with van der Waals surface area (Å²) in [6.45, 7) is 0.193. The molecule has 33 heavy (non-hydrogen) atoms. The van der Waals surface area contributed by atoms with Crippen LogP contribution in [0.4, 0.5) is 0 Å². The maximum absolute atomic E-state index is 11.7. The zero-order valence-electron chi connectivity index (χ0n) is 17.8. The maximum atomic E-state index is 11.7. The number of unbranched alkanes of at least 4 members (excludes halogenated alkanes) is 2. The number of esters is 1. The molecular weight excluding hydrogens is 507 g/mol. The van der Waals surface area contributed by atoms with E-state index in [9.17, 15) is 32.1 Å². The van der Waals surface area contributed by atoms with Crippen LogP contribution in [0, 0.1) is 0 Å². The second-order valence-corrected chi connectivity index (χ2v) is 10.5. The molecule has 0 saturated carbocycles. The van der Waals surface area contributed by atoms with Gasteiger partial charge in [-0.15, -0.1) is 5.06 Å². The van der Waals surface area contributed by atoms with Crippen molar-refractivity contribution in [1.29, 1.82) is 0 Å². The Kier molecular flexibility index (Phi) is 13.5. The fourth-order valence-electron chi connectivity index (χ4n) is 2.48. The molecule has 0 N–H and O–H groups in total. The Morgan fingerprint density at radius 1 is 1.15 bits per heavy atom. The summed E-state index contributed by atoms with van der Waals surface area (Å²) >= 11 is 0. The summed E-state index contributed by atoms with van der Waals surface area (Å²) in [5.74, 6) is -3.07. The van der Waals surface area contributed by atoms with Gasteiger partial charge in [-0.1, -0.05) is 16.9 Å². The topological polar surface area (TPSA) is 160 Å². The molecule has 1 atom stereocenters. The molecule has 1 aliphatic heterocycles. The number of carbonyl (C=O) groups is 4. The average Bonchev–Trinajstić information content (AvgIpc) is 3.03. The smallest absolute Gasteiger partial charge is 0.747 e. The molecule has 11 nitrogen and oxygen atoms in total. The fourth-order valence-corrected chi connectivity index (χ4v) is 5.02. The molecule has 176 valence electrons. The third kappa shape index (κ3) is 10.8. The molecule has 0 aromatic carbocycles. The molecule has 2 rings (SSSR count). The van der Waals surface area contributed by atoms with Crippen molar-refractivity contribution in [3.63, 3.8) is 0 Å². The number of carbonyl (C=O) groups excluding carboxylic acids is 4. The van der Waals surface area contributed by atoms with Crippen molar-refractivity contribution in [3.8, 4) is 0 Å². The number of nitrogens with zero attached hydrogens (tertiary/aromatic N) is 2. The van der Waals surface area contributed by atoms with Crippen molar-refractivity contribution in [2.24, 2.45) is 0 Å². The van der Waals surface area contributed by atoms with E-state index >= 15 is 0 Å². The first-order valence-electron chi connectivity index (χ1n) is 9.57. The summed E-state index contributed by atoms with van der Waals surface area (Å²) in [4.78, 5) is 55.5. The molecule has 1 unspecified atom stereocenters. The molecule has 0 bridgehead atoms. The van der Waals surface area contributed by atoms with Crippen LogP contribution in [0.25, 0.3) is 0 Å². The Morgan fingerprint density at radius 3 is 2.55 bits per heavy atom. The first-order chi connectivity index (χ1) is 15.2. The molecule has 1 aromatic heterocycles. The van der Waals surface area contributed by atoms with Gasteiger partial charge in [-0.2, -0.15) is 0 Å². The number of imide groups is 1. The number of pyridine rings is 1. The van der Waals surface area contributed by atoms with Crippen LogP contribution in [0.3, 0.4) is 0 Å². The van der Waals surface area contributed by atoms with E-state index in [-0.39, 0.29) is 60.0 Å². The van der Waals surface area contributed by atoms with Gasteiger partial charge in [-0.05, 0) is 42.2 Å². The number of ether oxygens (including phenoxy) is 1. The predicted octanol–water partition coefficient (Wildman–Crippen LogP) is -1.55. The van der Waals surface area contributed by atoms with Gasteiger partial charge in [0.2, 0.25) is 0 Å². The molecule has 2 heterocycles. The minimum absolute atomic E-state index is 0. The van der Waals surface area contributed by atoms with E-state index in [0.717, 1.165) is 5.03 Å². The SMILES string of the molecule is O=C(CCSSc1ccccn1)OCCCCCC(=O)ON1C(=O)CC(S(=O)(=O)[O-])C1=O.[Na+]. The molecule has 1 fully saturated rings. The largest absolute Gasteiger partial charge is 1.00 e. The number of aromatic nitrogens is 1. The van der Waals surface area contributed by atoms with E-state index in [1.807, 2.05) is 18.2 Å². The summed E-state index contributed by atoms with van der Waals surface area (Å²) in [7, 11) is -2.03. The van der Waals surface area contributed by atoms with Crippen molar-refractivity contribution in [1.82, 2.24) is 10.0 Å². The molecule has 0 radical (unpaired) electrons. The van der Waals surface area contributed by atoms with Gasteiger partial charge < -0.3 is 14.1 Å². The fraction of sp³-hybridized carbons (Fsp3) is 0.500. The Balaban J connectivity index is 0.00000544. The van der Waals surface area contributed by atoms with Gasteiger partial charge in [-0.3, -0.25) is 14.4 Å². The summed E-state index contributed by atoms with van der Waals surface area (Å²) in [6.07, 6.45) is 2.34. The van der Waals surface area contributed by atoms with Crippen LogP contribution < -0.4 is 29.6 Å². The van der Waals surface area contributed by atoms with Crippen LogP contribution >= 0.6 is 21.6 Å². The van der Waals surface area contributed by atoms with Crippen LogP contribution in [-0.2, 0) is 38.9 Å². The Bertz CT molecular complexity index is 931. The normalized spacial score (nSPS) is 15.8. The van der Waals surface area contributed by atoms with Gasteiger partial charge in [0, 0.05) is 18.4 Å². The zero-order chi connectivity index (χ0) is 23.6. The predicted molar refractivity (Wildman–Crippen MR) is 113 cm³/mol. The first kappa shape index (κ1) is 29.9.